The maximum absolute atomic E-state index is 13.0. The van der Waals surface area contributed by atoms with E-state index >= 15 is 0 Å². The van der Waals surface area contributed by atoms with Crippen LogP contribution in [-0.2, 0) is 15.7 Å². The predicted octanol–water partition coefficient (Wildman–Crippen LogP) is 2.25. The van der Waals surface area contributed by atoms with Crippen LogP contribution in [0.1, 0.15) is 5.56 Å². The van der Waals surface area contributed by atoms with Gasteiger partial charge in [0.1, 0.15) is 5.69 Å². The molecule has 1 amide bonds. The van der Waals surface area contributed by atoms with Crippen molar-refractivity contribution in [3.05, 3.63) is 32.8 Å². The van der Waals surface area contributed by atoms with Crippen LogP contribution in [0.3, 0.4) is 0 Å². The number of rotatable bonds is 4. The second kappa shape index (κ2) is 8.72. The molecule has 160 valence electrons. The fourth-order valence-electron chi connectivity index (χ4n) is 3.42. The summed E-state index contributed by atoms with van der Waals surface area (Å²) in [5, 5.41) is 10.8. The largest absolute Gasteiger partial charge is 0.418 e. The minimum Gasteiger partial charge on any atom is -0.378 e. The second-order valence-corrected chi connectivity index (χ2v) is 7.24. The number of morpholine rings is 1. The molecule has 2 heterocycles. The molecule has 2 aliphatic heterocycles. The summed E-state index contributed by atoms with van der Waals surface area (Å²) in [6.45, 7) is 3.92. The van der Waals surface area contributed by atoms with Gasteiger partial charge in [-0.2, -0.15) is 13.2 Å². The molecule has 2 fully saturated rings. The van der Waals surface area contributed by atoms with E-state index in [0.29, 0.717) is 58.5 Å². The van der Waals surface area contributed by atoms with Crippen molar-refractivity contribution < 1.29 is 27.6 Å². The maximum Gasteiger partial charge on any atom is 0.418 e. The molecule has 0 N–H and O–H groups in total. The second-order valence-electron chi connectivity index (χ2n) is 6.83. The Kier molecular flexibility index (Phi) is 6.49. The van der Waals surface area contributed by atoms with E-state index in [0.717, 1.165) is 6.07 Å². The Morgan fingerprint density at radius 1 is 1.14 bits per heavy atom. The summed E-state index contributed by atoms with van der Waals surface area (Å²) in [5.41, 5.74) is -1.82. The average molecular weight is 437 g/mol. The van der Waals surface area contributed by atoms with E-state index in [9.17, 15) is 28.1 Å². The quantitative estimate of drug-likeness (QED) is 0.532. The number of nitrogens with zero attached hydrogens (tertiary/aromatic N) is 4. The van der Waals surface area contributed by atoms with Crippen LogP contribution in [0.5, 0.6) is 0 Å². The van der Waals surface area contributed by atoms with Gasteiger partial charge in [-0.1, -0.05) is 11.6 Å². The number of amides is 1. The zero-order valence-corrected chi connectivity index (χ0v) is 16.2. The van der Waals surface area contributed by atoms with Gasteiger partial charge in [0.15, 0.2) is 0 Å². The van der Waals surface area contributed by atoms with E-state index in [4.69, 9.17) is 16.3 Å². The van der Waals surface area contributed by atoms with Crippen molar-refractivity contribution in [3.63, 3.8) is 0 Å². The van der Waals surface area contributed by atoms with Crippen molar-refractivity contribution >= 4 is 28.9 Å². The van der Waals surface area contributed by atoms with Gasteiger partial charge < -0.3 is 14.5 Å². The van der Waals surface area contributed by atoms with Crippen molar-refractivity contribution in [2.45, 2.75) is 6.18 Å². The number of anilines is 1. The molecule has 0 aromatic heterocycles. The summed E-state index contributed by atoms with van der Waals surface area (Å²) in [5.74, 6) is -0.00898. The van der Waals surface area contributed by atoms with E-state index in [1.165, 1.54) is 0 Å². The number of alkyl halides is 3. The number of hydrogen-bond donors (Lipinski definition) is 0. The third kappa shape index (κ3) is 5.09. The van der Waals surface area contributed by atoms with E-state index in [-0.39, 0.29) is 18.1 Å². The molecule has 2 aliphatic rings. The van der Waals surface area contributed by atoms with Crippen LogP contribution in [0.25, 0.3) is 0 Å². The fourth-order valence-corrected chi connectivity index (χ4v) is 3.68. The molecule has 1 aromatic rings. The summed E-state index contributed by atoms with van der Waals surface area (Å²) in [6, 6.07) is 1.48. The van der Waals surface area contributed by atoms with Crippen LogP contribution in [0.15, 0.2) is 12.1 Å². The van der Waals surface area contributed by atoms with Crippen molar-refractivity contribution in [2.24, 2.45) is 0 Å². The van der Waals surface area contributed by atoms with Crippen molar-refractivity contribution in [1.29, 1.82) is 0 Å². The normalized spacial score (nSPS) is 18.8. The highest BCUT2D eigenvalue weighted by Crippen LogP contribution is 2.41. The molecule has 12 heteroatoms. The minimum atomic E-state index is -4.78. The third-order valence-electron chi connectivity index (χ3n) is 5.00. The SMILES string of the molecule is O=C(CN1CCN(c2cc(Cl)c(C(F)(F)F)cc2[N+](=O)[O-])CC1)N1CCOCC1. The topological polar surface area (TPSA) is 79.2 Å². The molecule has 0 unspecified atom stereocenters. The first-order chi connectivity index (χ1) is 13.7. The van der Waals surface area contributed by atoms with Gasteiger partial charge in [-0.3, -0.25) is 19.8 Å². The molecule has 0 atom stereocenters. The Hall–Kier alpha value is -2.11. The lowest BCUT2D eigenvalue weighted by Gasteiger charge is -2.37. The molecule has 3 rings (SSSR count). The molecule has 29 heavy (non-hydrogen) atoms. The van der Waals surface area contributed by atoms with Gasteiger partial charge >= 0.3 is 6.18 Å². The molecular weight excluding hydrogens is 417 g/mol. The average Bonchev–Trinajstić information content (AvgIpc) is 2.68. The smallest absolute Gasteiger partial charge is 0.378 e. The van der Waals surface area contributed by atoms with Gasteiger partial charge in [-0.25, -0.2) is 0 Å². The molecule has 0 radical (unpaired) electrons. The molecule has 0 bridgehead atoms. The summed E-state index contributed by atoms with van der Waals surface area (Å²) in [4.78, 5) is 28.1. The molecule has 1 aromatic carbocycles. The predicted molar refractivity (Wildman–Crippen MR) is 99.2 cm³/mol. The first-order valence-electron chi connectivity index (χ1n) is 9.05. The molecule has 0 saturated carbocycles. The summed E-state index contributed by atoms with van der Waals surface area (Å²) in [6.07, 6.45) is -4.78. The summed E-state index contributed by atoms with van der Waals surface area (Å²) in [7, 11) is 0. The molecule has 8 nitrogen and oxygen atoms in total. The van der Waals surface area contributed by atoms with Gasteiger partial charge in [0.25, 0.3) is 5.69 Å². The Bertz CT molecular complexity index is 779. The maximum atomic E-state index is 13.0. The van der Waals surface area contributed by atoms with Gasteiger partial charge in [-0.15, -0.1) is 0 Å². The first-order valence-corrected chi connectivity index (χ1v) is 9.42. The Morgan fingerprint density at radius 2 is 1.76 bits per heavy atom. The third-order valence-corrected chi connectivity index (χ3v) is 5.31. The Labute approximate surface area is 169 Å². The summed E-state index contributed by atoms with van der Waals surface area (Å²) < 4.78 is 44.3. The van der Waals surface area contributed by atoms with Gasteiger partial charge in [-0.05, 0) is 6.07 Å². The van der Waals surface area contributed by atoms with Crippen LogP contribution < -0.4 is 4.90 Å². The van der Waals surface area contributed by atoms with Gasteiger partial charge in [0, 0.05) is 45.3 Å². The number of carbonyl (C=O) groups excluding carboxylic acids is 1. The monoisotopic (exact) mass is 436 g/mol. The van der Waals surface area contributed by atoms with Crippen molar-refractivity contribution in [2.75, 3.05) is 63.9 Å². The molecular formula is C17H20ClF3N4O4. The highest BCUT2D eigenvalue weighted by Gasteiger charge is 2.37. The number of nitro benzene ring substituents is 1. The number of halogens is 4. The number of hydrogen-bond acceptors (Lipinski definition) is 6. The number of piperazine rings is 1. The lowest BCUT2D eigenvalue weighted by Crippen LogP contribution is -2.51. The standard InChI is InChI=1S/C17H20ClF3N4O4/c18-13-10-14(15(25(27)28)9-12(13)17(19,20)21)23-3-1-22(2-4-23)11-16(26)24-5-7-29-8-6-24/h9-10H,1-8,11H2. The lowest BCUT2D eigenvalue weighted by molar-refractivity contribution is -0.384. The zero-order valence-electron chi connectivity index (χ0n) is 15.5. The number of carbonyl (C=O) groups is 1. The van der Waals surface area contributed by atoms with E-state index in [1.807, 2.05) is 4.90 Å². The number of nitro groups is 1. The number of benzene rings is 1. The number of ether oxygens (including phenoxy) is 1. The van der Waals surface area contributed by atoms with Crippen molar-refractivity contribution in [3.8, 4) is 0 Å². The zero-order chi connectivity index (χ0) is 21.2. The van der Waals surface area contributed by atoms with E-state index in [1.54, 1.807) is 9.80 Å². The van der Waals surface area contributed by atoms with Gasteiger partial charge in [0.2, 0.25) is 5.91 Å². The van der Waals surface area contributed by atoms with Crippen LogP contribution in [0.2, 0.25) is 5.02 Å². The van der Waals surface area contributed by atoms with Gasteiger partial charge in [0.05, 0.1) is 35.3 Å². The Balaban J connectivity index is 1.68. The van der Waals surface area contributed by atoms with E-state index < -0.39 is 27.4 Å². The Morgan fingerprint density at radius 3 is 2.31 bits per heavy atom. The summed E-state index contributed by atoms with van der Waals surface area (Å²) >= 11 is 5.75. The molecule has 2 saturated heterocycles. The van der Waals surface area contributed by atoms with E-state index in [2.05, 4.69) is 0 Å². The molecule has 0 aliphatic carbocycles. The van der Waals surface area contributed by atoms with Crippen LogP contribution in [-0.4, -0.2) is 79.7 Å². The highest BCUT2D eigenvalue weighted by atomic mass is 35.5. The lowest BCUT2D eigenvalue weighted by atomic mass is 10.1. The van der Waals surface area contributed by atoms with Crippen molar-refractivity contribution in [1.82, 2.24) is 9.80 Å². The van der Waals surface area contributed by atoms with Crippen LogP contribution >= 0.6 is 11.6 Å². The molecule has 0 spiro atoms. The van der Waals surface area contributed by atoms with Crippen LogP contribution in [0, 0.1) is 10.1 Å². The highest BCUT2D eigenvalue weighted by molar-refractivity contribution is 6.31. The fraction of sp³-hybridized carbons (Fsp3) is 0.588. The van der Waals surface area contributed by atoms with Crippen LogP contribution in [0.4, 0.5) is 24.5 Å². The minimum absolute atomic E-state index is 0.00898. The first kappa shape index (κ1) is 21.6.